The molecule has 1 unspecified atom stereocenters. The van der Waals surface area contributed by atoms with Gasteiger partial charge in [-0.05, 0) is 75.8 Å². The van der Waals surface area contributed by atoms with E-state index in [0.717, 1.165) is 58.4 Å². The fourth-order valence-corrected chi connectivity index (χ4v) is 5.84. The third-order valence-electron chi connectivity index (χ3n) is 7.58. The Bertz CT molecular complexity index is 636. The molecule has 0 aromatic carbocycles. The molecule has 2 fully saturated rings. The summed E-state index contributed by atoms with van der Waals surface area (Å²) in [5.41, 5.74) is 0. The number of piperidine rings is 1. The second kappa shape index (κ2) is 13.8. The van der Waals surface area contributed by atoms with Crippen molar-refractivity contribution in [1.82, 2.24) is 20.0 Å². The molecule has 0 aromatic rings. The second-order valence-electron chi connectivity index (χ2n) is 12.2. The average molecular weight is 479 g/mol. The zero-order valence-corrected chi connectivity index (χ0v) is 23.5. The highest BCUT2D eigenvalue weighted by atomic mass is 16.2. The lowest BCUT2D eigenvalue weighted by atomic mass is 9.87. The summed E-state index contributed by atoms with van der Waals surface area (Å²) in [5, 5.41) is 3.39. The lowest BCUT2D eigenvalue weighted by molar-refractivity contribution is -0.152. The fourth-order valence-electron chi connectivity index (χ4n) is 5.84. The van der Waals surface area contributed by atoms with Gasteiger partial charge in [0.1, 0.15) is 6.04 Å². The summed E-state index contributed by atoms with van der Waals surface area (Å²) in [6.45, 7) is 23.3. The molecule has 6 nitrogen and oxygen atoms in total. The smallest absolute Gasteiger partial charge is 0.245 e. The highest BCUT2D eigenvalue weighted by Gasteiger charge is 2.40. The van der Waals surface area contributed by atoms with Crippen molar-refractivity contribution in [3.8, 4) is 0 Å². The number of likely N-dealkylation sites (tertiary alicyclic amines) is 1. The van der Waals surface area contributed by atoms with Crippen LogP contribution in [-0.2, 0) is 9.59 Å². The van der Waals surface area contributed by atoms with Crippen LogP contribution in [0.4, 0.5) is 0 Å². The Morgan fingerprint density at radius 2 is 1.79 bits per heavy atom. The molecular formula is C28H54N4O2. The molecule has 2 aliphatic heterocycles. The van der Waals surface area contributed by atoms with Gasteiger partial charge in [0.2, 0.25) is 11.8 Å². The van der Waals surface area contributed by atoms with Crippen LogP contribution in [0.3, 0.4) is 0 Å². The zero-order valence-electron chi connectivity index (χ0n) is 23.5. The minimum Gasteiger partial charge on any atom is -0.338 e. The standard InChI is InChI=1S/C28H54N4O2/c1-9-30(19-22(6)7)13-10-24-11-14-31(23(8)18-24)28(34)26(17-21(4)5)32-15-12-29-25(27(32)33)16-20(2)3/h20-26,29H,9-19H2,1-8H3/t23-,24?,25-,26-/m0/s1. The van der Waals surface area contributed by atoms with Gasteiger partial charge in [-0.3, -0.25) is 9.59 Å². The van der Waals surface area contributed by atoms with Crippen molar-refractivity contribution in [2.45, 2.75) is 106 Å². The van der Waals surface area contributed by atoms with E-state index in [4.69, 9.17) is 0 Å². The van der Waals surface area contributed by atoms with E-state index in [1.807, 2.05) is 4.90 Å². The Morgan fingerprint density at radius 3 is 2.35 bits per heavy atom. The fraction of sp³-hybridized carbons (Fsp3) is 0.929. The quantitative estimate of drug-likeness (QED) is 0.456. The molecule has 2 heterocycles. The molecule has 1 N–H and O–H groups in total. The number of nitrogens with zero attached hydrogens (tertiary/aromatic N) is 3. The molecule has 2 amide bonds. The van der Waals surface area contributed by atoms with Crippen LogP contribution >= 0.6 is 0 Å². The summed E-state index contributed by atoms with van der Waals surface area (Å²) in [5.74, 6) is 2.49. The zero-order chi connectivity index (χ0) is 25.4. The van der Waals surface area contributed by atoms with Gasteiger partial charge in [-0.15, -0.1) is 0 Å². The number of rotatable bonds is 12. The Labute approximate surface area is 210 Å². The molecule has 0 aliphatic carbocycles. The monoisotopic (exact) mass is 478 g/mol. The molecule has 4 atom stereocenters. The molecule has 0 aromatic heterocycles. The number of nitrogens with one attached hydrogen (secondary N) is 1. The van der Waals surface area contributed by atoms with Crippen LogP contribution in [0.1, 0.15) is 87.5 Å². The van der Waals surface area contributed by atoms with Crippen molar-refractivity contribution < 1.29 is 9.59 Å². The van der Waals surface area contributed by atoms with E-state index < -0.39 is 0 Å². The highest BCUT2D eigenvalue weighted by Crippen LogP contribution is 2.28. The first-order valence-corrected chi connectivity index (χ1v) is 14.1. The number of carbonyl (C=O) groups excluding carboxylic acids is 2. The molecule has 0 saturated carbocycles. The summed E-state index contributed by atoms with van der Waals surface area (Å²) >= 11 is 0. The molecule has 0 spiro atoms. The SMILES string of the molecule is CCN(CCC1CCN(C(=O)[C@H](CC(C)C)N2CCN[C@@H](CC(C)C)C2=O)[C@@H](C)C1)CC(C)C. The van der Waals surface area contributed by atoms with Crippen LogP contribution < -0.4 is 5.32 Å². The van der Waals surface area contributed by atoms with Gasteiger partial charge in [0, 0.05) is 32.2 Å². The van der Waals surface area contributed by atoms with E-state index in [-0.39, 0.29) is 29.9 Å². The third kappa shape index (κ3) is 8.51. The molecule has 2 saturated heterocycles. The Hall–Kier alpha value is -1.14. The van der Waals surface area contributed by atoms with Gasteiger partial charge >= 0.3 is 0 Å². The largest absolute Gasteiger partial charge is 0.338 e. The van der Waals surface area contributed by atoms with Gasteiger partial charge in [-0.1, -0.05) is 48.5 Å². The normalized spacial score (nSPS) is 25.2. The number of piperazine rings is 1. The van der Waals surface area contributed by atoms with Gasteiger partial charge in [0.05, 0.1) is 6.04 Å². The van der Waals surface area contributed by atoms with Crippen LogP contribution in [0.5, 0.6) is 0 Å². The minimum absolute atomic E-state index is 0.117. The van der Waals surface area contributed by atoms with Gasteiger partial charge in [0.15, 0.2) is 0 Å². The van der Waals surface area contributed by atoms with Gasteiger partial charge in [0.25, 0.3) is 0 Å². The molecule has 0 radical (unpaired) electrons. The Morgan fingerprint density at radius 1 is 1.09 bits per heavy atom. The summed E-state index contributed by atoms with van der Waals surface area (Å²) in [6, 6.07) is -0.248. The lowest BCUT2D eigenvalue weighted by Gasteiger charge is -2.44. The Kier molecular flexibility index (Phi) is 11.8. The summed E-state index contributed by atoms with van der Waals surface area (Å²) in [6.07, 6.45) is 4.94. The van der Waals surface area contributed by atoms with E-state index in [0.29, 0.717) is 30.2 Å². The first-order valence-electron chi connectivity index (χ1n) is 14.1. The van der Waals surface area contributed by atoms with Crippen molar-refractivity contribution in [1.29, 1.82) is 0 Å². The van der Waals surface area contributed by atoms with Crippen LogP contribution in [0.2, 0.25) is 0 Å². The van der Waals surface area contributed by atoms with Crippen molar-refractivity contribution in [3.05, 3.63) is 0 Å². The summed E-state index contributed by atoms with van der Waals surface area (Å²) in [4.78, 5) is 33.8. The summed E-state index contributed by atoms with van der Waals surface area (Å²) < 4.78 is 0. The molecule has 2 rings (SSSR count). The first kappa shape index (κ1) is 29.1. The van der Waals surface area contributed by atoms with Crippen LogP contribution in [0.15, 0.2) is 0 Å². The predicted octanol–water partition coefficient (Wildman–Crippen LogP) is 4.24. The molecule has 34 heavy (non-hydrogen) atoms. The molecule has 6 heteroatoms. The number of hydrogen-bond acceptors (Lipinski definition) is 4. The first-order chi connectivity index (χ1) is 16.0. The summed E-state index contributed by atoms with van der Waals surface area (Å²) in [7, 11) is 0. The van der Waals surface area contributed by atoms with Crippen LogP contribution in [0.25, 0.3) is 0 Å². The number of amides is 2. The third-order valence-corrected chi connectivity index (χ3v) is 7.58. The van der Waals surface area contributed by atoms with Gasteiger partial charge < -0.3 is 20.0 Å². The van der Waals surface area contributed by atoms with E-state index in [9.17, 15) is 9.59 Å². The maximum atomic E-state index is 13.9. The number of hydrogen-bond donors (Lipinski definition) is 1. The molecule has 198 valence electrons. The maximum absolute atomic E-state index is 13.9. The van der Waals surface area contributed by atoms with Crippen LogP contribution in [-0.4, -0.2) is 83.9 Å². The van der Waals surface area contributed by atoms with Gasteiger partial charge in [-0.25, -0.2) is 0 Å². The molecular weight excluding hydrogens is 424 g/mol. The topological polar surface area (TPSA) is 55.9 Å². The van der Waals surface area contributed by atoms with Crippen molar-refractivity contribution in [3.63, 3.8) is 0 Å². The minimum atomic E-state index is -0.329. The van der Waals surface area contributed by atoms with E-state index in [2.05, 4.69) is 70.5 Å². The van der Waals surface area contributed by atoms with Crippen molar-refractivity contribution in [2.75, 3.05) is 39.3 Å². The lowest BCUT2D eigenvalue weighted by Crippen LogP contribution is -2.62. The van der Waals surface area contributed by atoms with E-state index in [1.54, 1.807) is 0 Å². The highest BCUT2D eigenvalue weighted by molar-refractivity contribution is 5.90. The number of carbonyl (C=O) groups is 2. The second-order valence-corrected chi connectivity index (χ2v) is 12.2. The molecule has 0 bridgehead atoms. The predicted molar refractivity (Wildman–Crippen MR) is 142 cm³/mol. The average Bonchev–Trinajstić information content (AvgIpc) is 2.75. The van der Waals surface area contributed by atoms with Crippen molar-refractivity contribution >= 4 is 11.8 Å². The van der Waals surface area contributed by atoms with Crippen molar-refractivity contribution in [2.24, 2.45) is 23.7 Å². The van der Waals surface area contributed by atoms with Gasteiger partial charge in [-0.2, -0.15) is 0 Å². The van der Waals surface area contributed by atoms with E-state index in [1.165, 1.54) is 6.42 Å². The maximum Gasteiger partial charge on any atom is 0.245 e. The van der Waals surface area contributed by atoms with Crippen LogP contribution in [0, 0.1) is 23.7 Å². The van der Waals surface area contributed by atoms with E-state index >= 15 is 0 Å². The Balaban J connectivity index is 2.02. The molecule has 2 aliphatic rings.